The van der Waals surface area contributed by atoms with E-state index in [4.69, 9.17) is 0 Å². The number of aryl methyl sites for hydroxylation is 1. The molecule has 2 amide bonds. The summed E-state index contributed by atoms with van der Waals surface area (Å²) in [5.41, 5.74) is 1.72. The summed E-state index contributed by atoms with van der Waals surface area (Å²) < 4.78 is 1.35. The normalized spacial score (nSPS) is 10.0. The van der Waals surface area contributed by atoms with Gasteiger partial charge in [0.2, 0.25) is 5.91 Å². The van der Waals surface area contributed by atoms with E-state index in [9.17, 15) is 14.4 Å². The number of nitrogens with one attached hydrogen (secondary N) is 2. The van der Waals surface area contributed by atoms with Crippen LogP contribution in [0.2, 0.25) is 0 Å². The summed E-state index contributed by atoms with van der Waals surface area (Å²) in [6.07, 6.45) is 3.23. The van der Waals surface area contributed by atoms with Gasteiger partial charge in [-0.25, -0.2) is 0 Å². The second kappa shape index (κ2) is 7.92. The molecule has 0 aliphatic carbocycles. The molecule has 0 radical (unpaired) electrons. The maximum absolute atomic E-state index is 12.0. The molecule has 0 saturated carbocycles. The monoisotopic (exact) mass is 325 g/mol. The predicted octanol–water partition coefficient (Wildman–Crippen LogP) is 1.71. The van der Waals surface area contributed by atoms with Gasteiger partial charge in [0.05, 0.1) is 0 Å². The van der Waals surface area contributed by atoms with E-state index in [2.05, 4.69) is 17.2 Å². The first-order chi connectivity index (χ1) is 11.5. The van der Waals surface area contributed by atoms with Gasteiger partial charge < -0.3 is 15.2 Å². The Morgan fingerprint density at radius 3 is 2.54 bits per heavy atom. The summed E-state index contributed by atoms with van der Waals surface area (Å²) in [5, 5.41) is 5.37. The molecule has 0 unspecified atom stereocenters. The molecular formula is C18H19N3O3. The molecular weight excluding hydrogens is 306 g/mol. The zero-order valence-electron chi connectivity index (χ0n) is 13.4. The molecule has 24 heavy (non-hydrogen) atoms. The van der Waals surface area contributed by atoms with E-state index in [0.717, 1.165) is 5.56 Å². The fourth-order valence-corrected chi connectivity index (χ4v) is 2.10. The van der Waals surface area contributed by atoms with Crippen molar-refractivity contribution >= 4 is 17.5 Å². The van der Waals surface area contributed by atoms with Gasteiger partial charge in [0.1, 0.15) is 6.54 Å². The summed E-state index contributed by atoms with van der Waals surface area (Å²) in [4.78, 5) is 35.5. The number of anilines is 1. The summed E-state index contributed by atoms with van der Waals surface area (Å²) in [6, 6.07) is 9.64. The first kappa shape index (κ1) is 17.2. The van der Waals surface area contributed by atoms with Crippen LogP contribution in [0.5, 0.6) is 0 Å². The molecule has 0 aliphatic heterocycles. The number of hydrogen-bond donors (Lipinski definition) is 2. The maximum Gasteiger partial charge on any atom is 0.251 e. The highest BCUT2D eigenvalue weighted by molar-refractivity contribution is 5.95. The number of carbonyl (C=O) groups excluding carboxylic acids is 2. The zero-order chi connectivity index (χ0) is 17.5. The fourth-order valence-electron chi connectivity index (χ4n) is 2.10. The molecule has 1 heterocycles. The van der Waals surface area contributed by atoms with Crippen molar-refractivity contribution in [1.82, 2.24) is 9.88 Å². The van der Waals surface area contributed by atoms with E-state index in [1.54, 1.807) is 42.6 Å². The highest BCUT2D eigenvalue weighted by Gasteiger charge is 2.07. The van der Waals surface area contributed by atoms with Crippen molar-refractivity contribution in [1.29, 1.82) is 0 Å². The SMILES string of the molecule is C=CCNC(=O)c1ccc(NC(=O)Cn2cc(C)ccc2=O)cc1. The molecule has 0 spiro atoms. The molecule has 0 bridgehead atoms. The largest absolute Gasteiger partial charge is 0.349 e. The fraction of sp³-hybridized carbons (Fsp3) is 0.167. The first-order valence-electron chi connectivity index (χ1n) is 7.45. The van der Waals surface area contributed by atoms with Gasteiger partial charge in [0.25, 0.3) is 11.5 Å². The molecule has 1 aromatic carbocycles. The molecule has 2 N–H and O–H groups in total. The summed E-state index contributed by atoms with van der Waals surface area (Å²) >= 11 is 0. The van der Waals surface area contributed by atoms with Crippen LogP contribution < -0.4 is 16.2 Å². The van der Waals surface area contributed by atoms with Gasteiger partial charge in [-0.1, -0.05) is 12.1 Å². The standard InChI is InChI=1S/C18H19N3O3/c1-3-10-19-18(24)14-5-7-15(8-6-14)20-16(22)12-21-11-13(2)4-9-17(21)23/h3-9,11H,1,10,12H2,2H3,(H,19,24)(H,20,22). The topological polar surface area (TPSA) is 80.2 Å². The number of nitrogens with zero attached hydrogens (tertiary/aromatic N) is 1. The molecule has 2 rings (SSSR count). The molecule has 0 atom stereocenters. The van der Waals surface area contributed by atoms with Gasteiger partial charge in [-0.3, -0.25) is 14.4 Å². The predicted molar refractivity (Wildman–Crippen MR) is 93.0 cm³/mol. The van der Waals surface area contributed by atoms with Crippen molar-refractivity contribution in [2.75, 3.05) is 11.9 Å². The van der Waals surface area contributed by atoms with Crippen LogP contribution in [0.25, 0.3) is 0 Å². The van der Waals surface area contributed by atoms with Gasteiger partial charge in [-0.05, 0) is 36.8 Å². The number of pyridine rings is 1. The molecule has 6 nitrogen and oxygen atoms in total. The number of rotatable bonds is 6. The Morgan fingerprint density at radius 1 is 1.17 bits per heavy atom. The Morgan fingerprint density at radius 2 is 1.88 bits per heavy atom. The lowest BCUT2D eigenvalue weighted by atomic mass is 10.2. The zero-order valence-corrected chi connectivity index (χ0v) is 13.4. The third kappa shape index (κ3) is 4.67. The molecule has 0 aliphatic rings. The van der Waals surface area contributed by atoms with E-state index >= 15 is 0 Å². The maximum atomic E-state index is 12.0. The molecule has 6 heteroatoms. The van der Waals surface area contributed by atoms with Gasteiger partial charge in [0, 0.05) is 30.1 Å². The minimum atomic E-state index is -0.313. The van der Waals surface area contributed by atoms with Crippen molar-refractivity contribution in [2.45, 2.75) is 13.5 Å². The van der Waals surface area contributed by atoms with E-state index in [0.29, 0.717) is 17.8 Å². The summed E-state index contributed by atoms with van der Waals surface area (Å²) in [7, 11) is 0. The van der Waals surface area contributed by atoms with E-state index < -0.39 is 0 Å². The van der Waals surface area contributed by atoms with Gasteiger partial charge in [-0.2, -0.15) is 0 Å². The summed E-state index contributed by atoms with van der Waals surface area (Å²) in [5.74, 6) is -0.523. The minimum Gasteiger partial charge on any atom is -0.349 e. The van der Waals surface area contributed by atoms with Crippen molar-refractivity contribution in [2.24, 2.45) is 0 Å². The van der Waals surface area contributed by atoms with E-state index in [1.165, 1.54) is 10.6 Å². The Kier molecular flexibility index (Phi) is 5.68. The Hall–Kier alpha value is -3.15. The van der Waals surface area contributed by atoms with Crippen molar-refractivity contribution < 1.29 is 9.59 Å². The number of hydrogen-bond acceptors (Lipinski definition) is 3. The van der Waals surface area contributed by atoms with E-state index in [1.807, 2.05) is 6.92 Å². The third-order valence-electron chi connectivity index (χ3n) is 3.28. The smallest absolute Gasteiger partial charge is 0.251 e. The highest BCUT2D eigenvalue weighted by Crippen LogP contribution is 2.09. The van der Waals surface area contributed by atoms with Gasteiger partial charge in [-0.15, -0.1) is 6.58 Å². The van der Waals surface area contributed by atoms with Crippen LogP contribution in [0.4, 0.5) is 5.69 Å². The lowest BCUT2D eigenvalue weighted by Crippen LogP contribution is -2.27. The Bertz CT molecular complexity index is 807. The van der Waals surface area contributed by atoms with Crippen molar-refractivity contribution in [3.63, 3.8) is 0 Å². The first-order valence-corrected chi connectivity index (χ1v) is 7.45. The van der Waals surface area contributed by atoms with Crippen LogP contribution >= 0.6 is 0 Å². The highest BCUT2D eigenvalue weighted by atomic mass is 16.2. The van der Waals surface area contributed by atoms with Crippen molar-refractivity contribution in [3.8, 4) is 0 Å². The second-order valence-corrected chi connectivity index (χ2v) is 5.30. The van der Waals surface area contributed by atoms with E-state index in [-0.39, 0.29) is 23.9 Å². The summed E-state index contributed by atoms with van der Waals surface area (Å²) in [6.45, 7) is 5.71. The van der Waals surface area contributed by atoms with Crippen LogP contribution in [-0.4, -0.2) is 22.9 Å². The lowest BCUT2D eigenvalue weighted by Gasteiger charge is -2.09. The molecule has 2 aromatic rings. The number of amides is 2. The average Bonchev–Trinajstić information content (AvgIpc) is 2.56. The van der Waals surface area contributed by atoms with Crippen LogP contribution in [0, 0.1) is 6.92 Å². The second-order valence-electron chi connectivity index (χ2n) is 5.30. The number of benzene rings is 1. The lowest BCUT2D eigenvalue weighted by molar-refractivity contribution is -0.116. The molecule has 0 saturated heterocycles. The van der Waals surface area contributed by atoms with Gasteiger partial charge in [0.15, 0.2) is 0 Å². The van der Waals surface area contributed by atoms with Crippen molar-refractivity contribution in [3.05, 3.63) is 76.7 Å². The van der Waals surface area contributed by atoms with Crippen LogP contribution in [0.1, 0.15) is 15.9 Å². The third-order valence-corrected chi connectivity index (χ3v) is 3.28. The molecule has 1 aromatic heterocycles. The minimum absolute atomic E-state index is 0.0674. The van der Waals surface area contributed by atoms with Crippen LogP contribution in [0.3, 0.4) is 0 Å². The molecule has 0 fully saturated rings. The molecule has 124 valence electrons. The number of carbonyl (C=O) groups is 2. The Balaban J connectivity index is 1.99. The average molecular weight is 325 g/mol. The number of aromatic nitrogens is 1. The van der Waals surface area contributed by atoms with Crippen LogP contribution in [-0.2, 0) is 11.3 Å². The quantitative estimate of drug-likeness (QED) is 0.794. The van der Waals surface area contributed by atoms with Gasteiger partial charge >= 0.3 is 0 Å². The Labute approximate surface area is 139 Å². The van der Waals surface area contributed by atoms with Crippen LogP contribution in [0.15, 0.2) is 60.0 Å².